The molecule has 3 heteroatoms. The van der Waals surface area contributed by atoms with Crippen LogP contribution in [0.3, 0.4) is 0 Å². The lowest BCUT2D eigenvalue weighted by atomic mass is 9.70. The molecule has 2 bridgehead atoms. The summed E-state index contributed by atoms with van der Waals surface area (Å²) in [6.07, 6.45) is 11.6. The topological polar surface area (TPSA) is 32.7 Å². The Bertz CT molecular complexity index is 432. The largest absolute Gasteiger partial charge is 0.392 e. The van der Waals surface area contributed by atoms with Gasteiger partial charge in [0.05, 0.1) is 12.2 Å². The highest BCUT2D eigenvalue weighted by Gasteiger charge is 2.61. The summed E-state index contributed by atoms with van der Waals surface area (Å²) in [5.41, 5.74) is 0.746. The first-order valence-electron chi connectivity index (χ1n) is 10.9. The van der Waals surface area contributed by atoms with Crippen molar-refractivity contribution >= 4 is 0 Å². The van der Waals surface area contributed by atoms with Crippen LogP contribution in [0.1, 0.15) is 85.5 Å². The van der Waals surface area contributed by atoms with Crippen molar-refractivity contribution in [2.45, 2.75) is 104 Å². The number of nitrogens with zero attached hydrogens (tertiary/aromatic N) is 1. The van der Waals surface area contributed by atoms with E-state index in [1.54, 1.807) is 0 Å². The van der Waals surface area contributed by atoms with E-state index in [-0.39, 0.29) is 6.10 Å². The van der Waals surface area contributed by atoms with Crippen molar-refractivity contribution in [3.8, 4) is 0 Å². The fourth-order valence-corrected chi connectivity index (χ4v) is 6.07. The zero-order valence-corrected chi connectivity index (χ0v) is 17.1. The first kappa shape index (κ1) is 19.6. The van der Waals surface area contributed by atoms with Crippen molar-refractivity contribution < 1.29 is 9.84 Å². The molecule has 0 aromatic heterocycles. The molecule has 3 nitrogen and oxygen atoms in total. The van der Waals surface area contributed by atoms with E-state index in [2.05, 4.69) is 32.6 Å². The van der Waals surface area contributed by atoms with Gasteiger partial charge in [0.1, 0.15) is 0 Å². The molecule has 0 aromatic rings. The van der Waals surface area contributed by atoms with Crippen molar-refractivity contribution in [2.75, 3.05) is 19.7 Å². The Morgan fingerprint density at radius 2 is 1.84 bits per heavy atom. The number of likely N-dealkylation sites (N-methyl/N-ethyl adjacent to an activating group) is 1. The van der Waals surface area contributed by atoms with Gasteiger partial charge in [-0.2, -0.15) is 0 Å². The molecule has 0 saturated heterocycles. The molecule has 0 aromatic carbocycles. The highest BCUT2D eigenvalue weighted by atomic mass is 16.5. The molecular weight excluding hydrogens is 310 g/mol. The SMILES string of the molecule is CCN(CC(O)CCOC1CC2CCC1(C)C2(C)C)C1CCCCC1. The van der Waals surface area contributed by atoms with Crippen LogP contribution in [0.5, 0.6) is 0 Å². The van der Waals surface area contributed by atoms with E-state index in [1.807, 2.05) is 0 Å². The standard InChI is InChI=1S/C22H41NO2/c1-5-23(18-9-7-6-8-10-18)16-19(24)12-14-25-20-15-17-11-13-22(20,4)21(17,2)3/h17-20,24H,5-16H2,1-4H3. The average molecular weight is 352 g/mol. The number of hydrogen-bond acceptors (Lipinski definition) is 3. The molecule has 0 radical (unpaired) electrons. The first-order chi connectivity index (χ1) is 11.9. The first-order valence-corrected chi connectivity index (χ1v) is 10.9. The molecule has 1 N–H and O–H groups in total. The lowest BCUT2D eigenvalue weighted by Gasteiger charge is -2.39. The molecule has 25 heavy (non-hydrogen) atoms. The van der Waals surface area contributed by atoms with Crippen LogP contribution in [-0.4, -0.2) is 48.0 Å². The van der Waals surface area contributed by atoms with Crippen LogP contribution in [0.15, 0.2) is 0 Å². The summed E-state index contributed by atoms with van der Waals surface area (Å²) in [7, 11) is 0. The lowest BCUT2D eigenvalue weighted by molar-refractivity contribution is -0.0572. The van der Waals surface area contributed by atoms with Crippen molar-refractivity contribution in [3.05, 3.63) is 0 Å². The Morgan fingerprint density at radius 3 is 2.40 bits per heavy atom. The van der Waals surface area contributed by atoms with E-state index in [0.29, 0.717) is 29.6 Å². The van der Waals surface area contributed by atoms with Crippen LogP contribution < -0.4 is 0 Å². The molecular formula is C22H41NO2. The molecule has 3 fully saturated rings. The molecule has 146 valence electrons. The van der Waals surface area contributed by atoms with Gasteiger partial charge in [-0.25, -0.2) is 0 Å². The van der Waals surface area contributed by atoms with Gasteiger partial charge in [-0.05, 0) is 61.8 Å². The molecule has 4 unspecified atom stereocenters. The van der Waals surface area contributed by atoms with Gasteiger partial charge in [-0.3, -0.25) is 4.90 Å². The summed E-state index contributed by atoms with van der Waals surface area (Å²) >= 11 is 0. The molecule has 4 atom stereocenters. The molecule has 3 aliphatic rings. The Kier molecular flexibility index (Phi) is 6.17. The van der Waals surface area contributed by atoms with E-state index in [9.17, 15) is 5.11 Å². The van der Waals surface area contributed by atoms with E-state index < -0.39 is 0 Å². The number of ether oxygens (including phenoxy) is 1. The third-order valence-corrected chi connectivity index (χ3v) is 8.43. The predicted molar refractivity (Wildman–Crippen MR) is 104 cm³/mol. The fourth-order valence-electron chi connectivity index (χ4n) is 6.07. The number of aliphatic hydroxyl groups excluding tert-OH is 1. The van der Waals surface area contributed by atoms with E-state index in [4.69, 9.17) is 4.74 Å². The second-order valence-corrected chi connectivity index (χ2v) is 9.79. The molecule has 3 saturated carbocycles. The van der Waals surface area contributed by atoms with Crippen molar-refractivity contribution in [1.82, 2.24) is 4.90 Å². The van der Waals surface area contributed by atoms with Crippen LogP contribution in [0.2, 0.25) is 0 Å². The van der Waals surface area contributed by atoms with Crippen LogP contribution in [0, 0.1) is 16.7 Å². The highest BCUT2D eigenvalue weighted by molar-refractivity contribution is 5.11. The number of rotatable bonds is 8. The van der Waals surface area contributed by atoms with Gasteiger partial charge in [0.2, 0.25) is 0 Å². The van der Waals surface area contributed by atoms with Gasteiger partial charge in [0.15, 0.2) is 0 Å². The zero-order valence-electron chi connectivity index (χ0n) is 17.1. The number of aliphatic hydroxyl groups is 1. The maximum absolute atomic E-state index is 10.5. The van der Waals surface area contributed by atoms with Crippen LogP contribution in [-0.2, 0) is 4.74 Å². The summed E-state index contributed by atoms with van der Waals surface area (Å²) in [4.78, 5) is 2.51. The van der Waals surface area contributed by atoms with Gasteiger partial charge in [-0.15, -0.1) is 0 Å². The van der Waals surface area contributed by atoms with Crippen LogP contribution >= 0.6 is 0 Å². The van der Waals surface area contributed by atoms with E-state index >= 15 is 0 Å². The van der Waals surface area contributed by atoms with Gasteiger partial charge in [0, 0.05) is 19.2 Å². The summed E-state index contributed by atoms with van der Waals surface area (Å²) in [6.45, 7) is 12.1. The maximum atomic E-state index is 10.5. The van der Waals surface area contributed by atoms with E-state index in [0.717, 1.165) is 25.4 Å². The minimum Gasteiger partial charge on any atom is -0.392 e. The predicted octanol–water partition coefficient (Wildman–Crippen LogP) is 4.62. The summed E-state index contributed by atoms with van der Waals surface area (Å²) in [5, 5.41) is 10.5. The second-order valence-electron chi connectivity index (χ2n) is 9.79. The molecule has 0 spiro atoms. The van der Waals surface area contributed by atoms with Gasteiger partial charge in [-0.1, -0.05) is 47.0 Å². The van der Waals surface area contributed by atoms with Crippen LogP contribution in [0.25, 0.3) is 0 Å². The Hall–Kier alpha value is -0.120. The molecule has 3 rings (SSSR count). The Morgan fingerprint density at radius 1 is 1.12 bits per heavy atom. The molecule has 0 aliphatic heterocycles. The summed E-state index contributed by atoms with van der Waals surface area (Å²) in [6, 6.07) is 0.694. The van der Waals surface area contributed by atoms with Gasteiger partial charge in [0.25, 0.3) is 0 Å². The van der Waals surface area contributed by atoms with Gasteiger partial charge < -0.3 is 9.84 Å². The summed E-state index contributed by atoms with van der Waals surface area (Å²) in [5.74, 6) is 0.828. The Balaban J connectivity index is 1.41. The molecule has 0 amide bonds. The third-order valence-electron chi connectivity index (χ3n) is 8.43. The number of fused-ring (bicyclic) bond motifs is 2. The fraction of sp³-hybridized carbons (Fsp3) is 1.00. The quantitative estimate of drug-likeness (QED) is 0.692. The average Bonchev–Trinajstić information content (AvgIpc) is 2.94. The summed E-state index contributed by atoms with van der Waals surface area (Å²) < 4.78 is 6.33. The van der Waals surface area contributed by atoms with Crippen molar-refractivity contribution in [3.63, 3.8) is 0 Å². The van der Waals surface area contributed by atoms with Crippen molar-refractivity contribution in [2.24, 2.45) is 16.7 Å². The minimum absolute atomic E-state index is 0.249. The lowest BCUT2D eigenvalue weighted by Crippen LogP contribution is -2.42. The molecule has 3 aliphatic carbocycles. The smallest absolute Gasteiger partial charge is 0.0689 e. The molecule has 0 heterocycles. The number of hydrogen-bond donors (Lipinski definition) is 1. The maximum Gasteiger partial charge on any atom is 0.0689 e. The van der Waals surface area contributed by atoms with E-state index in [1.165, 1.54) is 51.4 Å². The van der Waals surface area contributed by atoms with Gasteiger partial charge >= 0.3 is 0 Å². The highest BCUT2D eigenvalue weighted by Crippen LogP contribution is 2.66. The Labute approximate surface area is 155 Å². The minimum atomic E-state index is -0.249. The second kappa shape index (κ2) is 7.86. The monoisotopic (exact) mass is 351 g/mol. The van der Waals surface area contributed by atoms with Crippen LogP contribution in [0.4, 0.5) is 0 Å². The third kappa shape index (κ3) is 3.80. The normalized spacial score (nSPS) is 36.2. The van der Waals surface area contributed by atoms with Crippen molar-refractivity contribution in [1.29, 1.82) is 0 Å². The zero-order chi connectivity index (χ0) is 18.1.